The molecule has 0 radical (unpaired) electrons. The number of alkyl halides is 1. The van der Waals surface area contributed by atoms with Crippen LogP contribution >= 0.6 is 15.9 Å². The molecule has 0 aromatic carbocycles. The van der Waals surface area contributed by atoms with Crippen molar-refractivity contribution in [2.24, 2.45) is 5.41 Å². The number of pyridine rings is 1. The summed E-state index contributed by atoms with van der Waals surface area (Å²) in [6.07, 6.45) is 3.72. The number of aromatic nitrogens is 1. The summed E-state index contributed by atoms with van der Waals surface area (Å²) < 4.78 is 0. The van der Waals surface area contributed by atoms with Gasteiger partial charge in [0.2, 0.25) is 0 Å². The number of rotatable bonds is 6. The van der Waals surface area contributed by atoms with E-state index < -0.39 is 0 Å². The molecule has 0 aliphatic carbocycles. The normalized spacial score (nSPS) is 12.1. The van der Waals surface area contributed by atoms with E-state index in [0.717, 1.165) is 25.0 Å². The Kier molecular flexibility index (Phi) is 5.42. The third kappa shape index (κ3) is 4.62. The van der Waals surface area contributed by atoms with E-state index in [4.69, 9.17) is 0 Å². The van der Waals surface area contributed by atoms with Crippen molar-refractivity contribution in [1.29, 1.82) is 0 Å². The van der Waals surface area contributed by atoms with Gasteiger partial charge in [-0.2, -0.15) is 0 Å². The number of nitrogens with zero attached hydrogens (tertiary/aromatic N) is 2. The standard InChI is InChI=1S/C13H21BrN2/c1-4-16(11-13(2,3)10-14)9-12-5-7-15-8-6-12/h5-8H,4,9-11H2,1-3H3. The summed E-state index contributed by atoms with van der Waals surface area (Å²) in [7, 11) is 0. The van der Waals surface area contributed by atoms with Gasteiger partial charge < -0.3 is 0 Å². The zero-order valence-corrected chi connectivity index (χ0v) is 12.0. The molecule has 0 fully saturated rings. The van der Waals surface area contributed by atoms with Gasteiger partial charge in [-0.25, -0.2) is 0 Å². The van der Waals surface area contributed by atoms with Gasteiger partial charge in [0.05, 0.1) is 0 Å². The maximum Gasteiger partial charge on any atom is 0.0271 e. The number of hydrogen-bond acceptors (Lipinski definition) is 2. The third-order valence-corrected chi connectivity index (χ3v) is 4.13. The molecule has 1 heterocycles. The molecule has 0 amide bonds. The van der Waals surface area contributed by atoms with Gasteiger partial charge in [0.15, 0.2) is 0 Å². The quantitative estimate of drug-likeness (QED) is 0.745. The molecule has 1 aromatic heterocycles. The van der Waals surface area contributed by atoms with Crippen molar-refractivity contribution in [2.75, 3.05) is 18.4 Å². The van der Waals surface area contributed by atoms with Crippen LogP contribution in [0.3, 0.4) is 0 Å². The van der Waals surface area contributed by atoms with Gasteiger partial charge in [-0.1, -0.05) is 36.7 Å². The van der Waals surface area contributed by atoms with Crippen molar-refractivity contribution in [3.8, 4) is 0 Å². The lowest BCUT2D eigenvalue weighted by molar-refractivity contribution is 0.196. The molecule has 0 spiro atoms. The second-order valence-corrected chi connectivity index (χ2v) is 5.52. The van der Waals surface area contributed by atoms with Crippen molar-refractivity contribution in [2.45, 2.75) is 27.3 Å². The Hall–Kier alpha value is -0.410. The smallest absolute Gasteiger partial charge is 0.0271 e. The van der Waals surface area contributed by atoms with Gasteiger partial charge in [-0.15, -0.1) is 0 Å². The summed E-state index contributed by atoms with van der Waals surface area (Å²) in [4.78, 5) is 6.51. The van der Waals surface area contributed by atoms with Crippen LogP contribution in [-0.4, -0.2) is 28.3 Å². The minimum atomic E-state index is 0.322. The van der Waals surface area contributed by atoms with Crippen molar-refractivity contribution in [1.82, 2.24) is 9.88 Å². The Balaban J connectivity index is 2.56. The lowest BCUT2D eigenvalue weighted by atomic mass is 9.95. The van der Waals surface area contributed by atoms with Crippen LogP contribution in [0.5, 0.6) is 0 Å². The Morgan fingerprint density at radius 1 is 1.31 bits per heavy atom. The Labute approximate surface area is 107 Å². The molecule has 0 N–H and O–H groups in total. The van der Waals surface area contributed by atoms with Crippen LogP contribution in [0, 0.1) is 5.41 Å². The lowest BCUT2D eigenvalue weighted by Gasteiger charge is -2.30. The molecule has 0 aliphatic heterocycles. The zero-order chi connectivity index (χ0) is 12.0. The van der Waals surface area contributed by atoms with Crippen molar-refractivity contribution in [3.63, 3.8) is 0 Å². The summed E-state index contributed by atoms with van der Waals surface area (Å²) in [5.74, 6) is 0. The highest BCUT2D eigenvalue weighted by atomic mass is 79.9. The summed E-state index contributed by atoms with van der Waals surface area (Å²) in [6.45, 7) is 9.99. The van der Waals surface area contributed by atoms with Gasteiger partial charge in [0, 0.05) is 30.8 Å². The van der Waals surface area contributed by atoms with E-state index in [0.29, 0.717) is 5.41 Å². The highest BCUT2D eigenvalue weighted by Crippen LogP contribution is 2.20. The molecule has 0 unspecified atom stereocenters. The predicted octanol–water partition coefficient (Wildman–Crippen LogP) is 3.32. The van der Waals surface area contributed by atoms with Crippen LogP contribution in [0.1, 0.15) is 26.3 Å². The maximum atomic E-state index is 4.04. The van der Waals surface area contributed by atoms with Crippen LogP contribution in [0.15, 0.2) is 24.5 Å². The van der Waals surface area contributed by atoms with Gasteiger partial charge in [-0.3, -0.25) is 9.88 Å². The van der Waals surface area contributed by atoms with E-state index in [-0.39, 0.29) is 0 Å². The molecule has 0 atom stereocenters. The highest BCUT2D eigenvalue weighted by Gasteiger charge is 2.19. The molecule has 1 rings (SSSR count). The highest BCUT2D eigenvalue weighted by molar-refractivity contribution is 9.09. The summed E-state index contributed by atoms with van der Waals surface area (Å²) in [5, 5.41) is 1.03. The summed E-state index contributed by atoms with van der Waals surface area (Å²) in [6, 6.07) is 4.17. The van der Waals surface area contributed by atoms with Gasteiger partial charge in [0.1, 0.15) is 0 Å². The monoisotopic (exact) mass is 284 g/mol. The van der Waals surface area contributed by atoms with Crippen LogP contribution in [0.25, 0.3) is 0 Å². The Bertz CT molecular complexity index is 298. The van der Waals surface area contributed by atoms with E-state index in [1.54, 1.807) is 0 Å². The average Bonchev–Trinajstić information content (AvgIpc) is 2.29. The van der Waals surface area contributed by atoms with Crippen molar-refractivity contribution in [3.05, 3.63) is 30.1 Å². The van der Waals surface area contributed by atoms with Gasteiger partial charge >= 0.3 is 0 Å². The second-order valence-electron chi connectivity index (χ2n) is 4.96. The topological polar surface area (TPSA) is 16.1 Å². The molecule has 0 aliphatic rings. The number of halogens is 1. The molecule has 0 saturated heterocycles. The number of hydrogen-bond donors (Lipinski definition) is 0. The first-order valence-electron chi connectivity index (χ1n) is 5.74. The lowest BCUT2D eigenvalue weighted by Crippen LogP contribution is -2.34. The second kappa shape index (κ2) is 6.36. The fourth-order valence-electron chi connectivity index (χ4n) is 1.67. The largest absolute Gasteiger partial charge is 0.299 e. The molecular weight excluding hydrogens is 264 g/mol. The summed E-state index contributed by atoms with van der Waals surface area (Å²) >= 11 is 3.58. The van der Waals surface area contributed by atoms with Crippen LogP contribution < -0.4 is 0 Å². The fourth-order valence-corrected chi connectivity index (χ4v) is 1.85. The minimum Gasteiger partial charge on any atom is -0.299 e. The molecule has 2 nitrogen and oxygen atoms in total. The first kappa shape index (κ1) is 13.7. The zero-order valence-electron chi connectivity index (χ0n) is 10.4. The first-order chi connectivity index (χ1) is 7.57. The average molecular weight is 285 g/mol. The molecule has 0 bridgehead atoms. The van der Waals surface area contributed by atoms with Crippen LogP contribution in [-0.2, 0) is 6.54 Å². The molecule has 0 saturated carbocycles. The predicted molar refractivity (Wildman–Crippen MR) is 72.8 cm³/mol. The van der Waals surface area contributed by atoms with Crippen LogP contribution in [0.4, 0.5) is 0 Å². The fraction of sp³-hybridized carbons (Fsp3) is 0.615. The Morgan fingerprint density at radius 3 is 2.44 bits per heavy atom. The molecule has 3 heteroatoms. The third-order valence-electron chi connectivity index (χ3n) is 2.62. The SMILES string of the molecule is CCN(Cc1ccncc1)CC(C)(C)CBr. The molecule has 90 valence electrons. The van der Waals surface area contributed by atoms with E-state index in [2.05, 4.69) is 58.7 Å². The molecule has 16 heavy (non-hydrogen) atoms. The summed E-state index contributed by atoms with van der Waals surface area (Å²) in [5.41, 5.74) is 1.66. The molecule has 1 aromatic rings. The first-order valence-corrected chi connectivity index (χ1v) is 6.87. The van der Waals surface area contributed by atoms with Crippen molar-refractivity contribution >= 4 is 15.9 Å². The van der Waals surface area contributed by atoms with E-state index in [1.807, 2.05) is 12.4 Å². The maximum absolute atomic E-state index is 4.04. The van der Waals surface area contributed by atoms with E-state index in [9.17, 15) is 0 Å². The van der Waals surface area contributed by atoms with E-state index in [1.165, 1.54) is 5.56 Å². The minimum absolute atomic E-state index is 0.322. The van der Waals surface area contributed by atoms with Crippen LogP contribution in [0.2, 0.25) is 0 Å². The van der Waals surface area contributed by atoms with Gasteiger partial charge in [-0.05, 0) is 29.7 Å². The molecular formula is C13H21BrN2. The van der Waals surface area contributed by atoms with Gasteiger partial charge in [0.25, 0.3) is 0 Å². The van der Waals surface area contributed by atoms with Crippen molar-refractivity contribution < 1.29 is 0 Å². The Morgan fingerprint density at radius 2 is 1.94 bits per heavy atom. The van der Waals surface area contributed by atoms with E-state index >= 15 is 0 Å².